The lowest BCUT2D eigenvalue weighted by Gasteiger charge is -2.13. The van der Waals surface area contributed by atoms with Gasteiger partial charge in [-0.3, -0.25) is 0 Å². The van der Waals surface area contributed by atoms with Gasteiger partial charge in [-0.15, -0.1) is 10.2 Å². The molecule has 7 nitrogen and oxygen atoms in total. The summed E-state index contributed by atoms with van der Waals surface area (Å²) in [5.41, 5.74) is 2.39. The van der Waals surface area contributed by atoms with Crippen LogP contribution in [0.5, 0.6) is 5.75 Å². The van der Waals surface area contributed by atoms with Crippen molar-refractivity contribution in [3.05, 3.63) is 65.5 Å². The Morgan fingerprint density at radius 3 is 2.70 bits per heavy atom. The number of nitrogens with zero attached hydrogens (tertiary/aromatic N) is 3. The second kappa shape index (κ2) is 8.15. The number of hydrogen-bond acceptors (Lipinski definition) is 7. The molecule has 136 valence electrons. The minimum Gasteiger partial charge on any atom is -0.479 e. The number of nitriles is 1. The molecule has 27 heavy (non-hydrogen) atoms. The first-order chi connectivity index (χ1) is 13.0. The number of esters is 1. The number of hydrogen-bond donors (Lipinski definition) is 0. The minimum atomic E-state index is -0.822. The third kappa shape index (κ3) is 4.70. The molecular formula is C20H17N3O4. The number of rotatable bonds is 6. The third-order valence-electron chi connectivity index (χ3n) is 3.70. The molecule has 3 rings (SSSR count). The first kappa shape index (κ1) is 18.1. The summed E-state index contributed by atoms with van der Waals surface area (Å²) in [4.78, 5) is 12.1. The van der Waals surface area contributed by atoms with Gasteiger partial charge in [-0.2, -0.15) is 5.26 Å². The van der Waals surface area contributed by atoms with Crippen molar-refractivity contribution in [2.45, 2.75) is 26.6 Å². The Hall–Kier alpha value is -3.66. The van der Waals surface area contributed by atoms with E-state index in [2.05, 4.69) is 10.2 Å². The Morgan fingerprint density at radius 1 is 1.22 bits per heavy atom. The number of carbonyl (C=O) groups excluding carboxylic acids is 1. The van der Waals surface area contributed by atoms with Gasteiger partial charge in [0.1, 0.15) is 5.75 Å². The Bertz CT molecular complexity index is 973. The normalized spacial score (nSPS) is 11.4. The van der Waals surface area contributed by atoms with Crippen LogP contribution in [0.4, 0.5) is 0 Å². The van der Waals surface area contributed by atoms with Crippen molar-refractivity contribution < 1.29 is 18.7 Å². The van der Waals surface area contributed by atoms with Crippen LogP contribution in [-0.4, -0.2) is 22.3 Å². The fourth-order valence-electron chi connectivity index (χ4n) is 2.32. The summed E-state index contributed by atoms with van der Waals surface area (Å²) < 4.78 is 16.2. The molecule has 0 saturated heterocycles. The Labute approximate surface area is 156 Å². The highest BCUT2D eigenvalue weighted by Crippen LogP contribution is 2.19. The van der Waals surface area contributed by atoms with Gasteiger partial charge >= 0.3 is 5.97 Å². The maximum absolute atomic E-state index is 12.1. The van der Waals surface area contributed by atoms with Crippen molar-refractivity contribution in [2.24, 2.45) is 0 Å². The molecule has 1 atom stereocenters. The molecule has 0 spiro atoms. The molecule has 0 fully saturated rings. The average Bonchev–Trinajstić information content (AvgIpc) is 3.16. The predicted octanol–water partition coefficient (Wildman–Crippen LogP) is 3.43. The van der Waals surface area contributed by atoms with Gasteiger partial charge in [-0.1, -0.05) is 17.7 Å². The van der Waals surface area contributed by atoms with Crippen LogP contribution >= 0.6 is 0 Å². The molecule has 2 aromatic carbocycles. The van der Waals surface area contributed by atoms with Crippen molar-refractivity contribution >= 4 is 5.97 Å². The predicted molar refractivity (Wildman–Crippen MR) is 95.5 cm³/mol. The second-order valence-corrected chi connectivity index (χ2v) is 5.87. The lowest BCUT2D eigenvalue weighted by molar-refractivity contribution is -0.153. The number of aromatic nitrogens is 2. The van der Waals surface area contributed by atoms with E-state index < -0.39 is 12.1 Å². The highest BCUT2D eigenvalue weighted by molar-refractivity contribution is 5.74. The molecule has 0 aliphatic heterocycles. The summed E-state index contributed by atoms with van der Waals surface area (Å²) in [6, 6.07) is 16.1. The van der Waals surface area contributed by atoms with E-state index in [1.54, 1.807) is 31.2 Å². The van der Waals surface area contributed by atoms with Crippen LogP contribution in [0.15, 0.2) is 52.9 Å². The maximum atomic E-state index is 12.1. The molecule has 3 aromatic rings. The van der Waals surface area contributed by atoms with Gasteiger partial charge < -0.3 is 13.9 Å². The van der Waals surface area contributed by atoms with Crippen molar-refractivity contribution in [3.63, 3.8) is 0 Å². The summed E-state index contributed by atoms with van der Waals surface area (Å²) in [5, 5.41) is 16.6. The highest BCUT2D eigenvalue weighted by atomic mass is 16.6. The zero-order valence-corrected chi connectivity index (χ0v) is 14.9. The van der Waals surface area contributed by atoms with E-state index in [1.807, 2.05) is 37.3 Å². The summed E-state index contributed by atoms with van der Waals surface area (Å²) in [5.74, 6) is 0.477. The van der Waals surface area contributed by atoms with Crippen LogP contribution in [0.1, 0.15) is 23.9 Å². The summed E-state index contributed by atoms with van der Waals surface area (Å²) in [6.07, 6.45) is -0.822. The van der Waals surface area contributed by atoms with E-state index in [0.29, 0.717) is 17.2 Å². The van der Waals surface area contributed by atoms with Crippen LogP contribution in [-0.2, 0) is 16.1 Å². The Balaban J connectivity index is 1.55. The van der Waals surface area contributed by atoms with Gasteiger partial charge in [-0.25, -0.2) is 4.79 Å². The molecule has 0 amide bonds. The molecule has 1 aromatic heterocycles. The average molecular weight is 363 g/mol. The van der Waals surface area contributed by atoms with E-state index in [1.165, 1.54) is 0 Å². The monoisotopic (exact) mass is 363 g/mol. The smallest absolute Gasteiger partial charge is 0.347 e. The van der Waals surface area contributed by atoms with Crippen LogP contribution in [0, 0.1) is 18.3 Å². The number of benzene rings is 2. The minimum absolute atomic E-state index is 0.140. The van der Waals surface area contributed by atoms with Crippen LogP contribution < -0.4 is 4.74 Å². The van der Waals surface area contributed by atoms with Crippen molar-refractivity contribution in [1.82, 2.24) is 10.2 Å². The summed E-state index contributed by atoms with van der Waals surface area (Å²) >= 11 is 0. The molecule has 0 N–H and O–H groups in total. The third-order valence-corrected chi connectivity index (χ3v) is 3.70. The number of aryl methyl sites for hydroxylation is 1. The molecule has 0 saturated carbocycles. The van der Waals surface area contributed by atoms with Crippen LogP contribution in [0.3, 0.4) is 0 Å². The highest BCUT2D eigenvalue weighted by Gasteiger charge is 2.18. The Morgan fingerprint density at radius 2 is 2.00 bits per heavy atom. The quantitative estimate of drug-likeness (QED) is 0.619. The molecule has 1 heterocycles. The first-order valence-electron chi connectivity index (χ1n) is 8.28. The topological polar surface area (TPSA) is 98.2 Å². The fraction of sp³-hybridized carbons (Fsp3) is 0.200. The van der Waals surface area contributed by atoms with Gasteiger partial charge in [0.25, 0.3) is 5.89 Å². The van der Waals surface area contributed by atoms with E-state index >= 15 is 0 Å². The summed E-state index contributed by atoms with van der Waals surface area (Å²) in [7, 11) is 0. The molecule has 0 aliphatic rings. The van der Waals surface area contributed by atoms with Crippen molar-refractivity contribution in [2.75, 3.05) is 0 Å². The number of ether oxygens (including phenoxy) is 2. The largest absolute Gasteiger partial charge is 0.479 e. The van der Waals surface area contributed by atoms with E-state index in [9.17, 15) is 4.79 Å². The van der Waals surface area contributed by atoms with E-state index in [4.69, 9.17) is 19.2 Å². The molecular weight excluding hydrogens is 346 g/mol. The number of carbonyl (C=O) groups is 1. The second-order valence-electron chi connectivity index (χ2n) is 5.87. The van der Waals surface area contributed by atoms with Crippen molar-refractivity contribution in [3.8, 4) is 23.3 Å². The molecule has 0 unspecified atom stereocenters. The SMILES string of the molecule is Cc1cccc(-c2nnc(COC(=O)[C@@H](C)Oc3ccc(C#N)cc3)o2)c1. The van der Waals surface area contributed by atoms with Crippen molar-refractivity contribution in [1.29, 1.82) is 5.26 Å². The van der Waals surface area contributed by atoms with Gasteiger partial charge in [-0.05, 0) is 50.2 Å². The zero-order valence-electron chi connectivity index (χ0n) is 14.9. The lowest BCUT2D eigenvalue weighted by Crippen LogP contribution is -2.26. The fourth-order valence-corrected chi connectivity index (χ4v) is 2.32. The molecule has 0 radical (unpaired) electrons. The van der Waals surface area contributed by atoms with E-state index in [0.717, 1.165) is 11.1 Å². The Kier molecular flexibility index (Phi) is 5.47. The molecule has 0 aliphatic carbocycles. The standard InChI is InChI=1S/C20H17N3O4/c1-13-4-3-5-16(10-13)19-23-22-18(27-19)12-25-20(24)14(2)26-17-8-6-15(11-21)7-9-17/h3-10,14H,12H2,1-2H3/t14-/m1/s1. The van der Waals surface area contributed by atoms with Crippen LogP contribution in [0.2, 0.25) is 0 Å². The lowest BCUT2D eigenvalue weighted by atomic mass is 10.1. The van der Waals surface area contributed by atoms with E-state index in [-0.39, 0.29) is 12.5 Å². The molecule has 7 heteroatoms. The van der Waals surface area contributed by atoms with Gasteiger partial charge in [0.2, 0.25) is 5.89 Å². The van der Waals surface area contributed by atoms with Gasteiger partial charge in [0, 0.05) is 5.56 Å². The van der Waals surface area contributed by atoms with Crippen LogP contribution in [0.25, 0.3) is 11.5 Å². The van der Waals surface area contributed by atoms with Gasteiger partial charge in [0.05, 0.1) is 11.6 Å². The van der Waals surface area contributed by atoms with Gasteiger partial charge in [0.15, 0.2) is 12.7 Å². The molecule has 0 bridgehead atoms. The summed E-state index contributed by atoms with van der Waals surface area (Å²) in [6.45, 7) is 3.41. The maximum Gasteiger partial charge on any atom is 0.347 e. The first-order valence-corrected chi connectivity index (χ1v) is 8.28. The zero-order chi connectivity index (χ0) is 19.2.